The first-order valence-corrected chi connectivity index (χ1v) is 6.81. The van der Waals surface area contributed by atoms with Crippen LogP contribution in [0.3, 0.4) is 0 Å². The number of hydrogen-bond acceptors (Lipinski definition) is 2. The summed E-state index contributed by atoms with van der Waals surface area (Å²) in [6.45, 7) is 2.49. The number of fused-ring (bicyclic) bond motifs is 1. The van der Waals surface area contributed by atoms with Gasteiger partial charge in [0.2, 0.25) is 0 Å². The number of aromatic carboxylic acids is 1. The van der Waals surface area contributed by atoms with E-state index in [1.54, 1.807) is 12.1 Å². The Morgan fingerprint density at radius 2 is 1.80 bits per heavy atom. The zero-order valence-electron chi connectivity index (χ0n) is 10.8. The lowest BCUT2D eigenvalue weighted by Gasteiger charge is -2.14. The second-order valence-corrected chi connectivity index (χ2v) is 5.50. The highest BCUT2D eigenvalue weighted by Crippen LogP contribution is 2.25. The molecule has 1 N–H and O–H groups in total. The highest BCUT2D eigenvalue weighted by atomic mass is 35.5. The number of rotatable bonds is 3. The highest BCUT2D eigenvalue weighted by molar-refractivity contribution is 6.30. The number of nitrogens with zero attached hydrogens (tertiary/aromatic N) is 1. The summed E-state index contributed by atoms with van der Waals surface area (Å²) in [5.74, 6) is -0.871. The van der Waals surface area contributed by atoms with E-state index in [-0.39, 0.29) is 0 Å². The minimum absolute atomic E-state index is 0.358. The molecule has 1 heterocycles. The fraction of sp³-hybridized carbons (Fsp3) is 0.188. The third-order valence-electron chi connectivity index (χ3n) is 3.56. The zero-order valence-corrected chi connectivity index (χ0v) is 11.6. The fourth-order valence-corrected chi connectivity index (χ4v) is 2.68. The van der Waals surface area contributed by atoms with E-state index in [0.717, 1.165) is 30.2 Å². The van der Waals surface area contributed by atoms with Crippen LogP contribution in [0.25, 0.3) is 0 Å². The molecule has 20 heavy (non-hydrogen) atoms. The number of halogens is 1. The minimum atomic E-state index is -0.871. The van der Waals surface area contributed by atoms with Crippen molar-refractivity contribution in [2.24, 2.45) is 0 Å². The lowest BCUT2D eigenvalue weighted by atomic mass is 10.1. The average Bonchev–Trinajstić information content (AvgIpc) is 2.82. The first-order valence-electron chi connectivity index (χ1n) is 6.44. The van der Waals surface area contributed by atoms with Crippen molar-refractivity contribution >= 4 is 17.6 Å². The SMILES string of the molecule is O=C(O)c1ccc2c(c1)CN(Cc1ccc(Cl)cc1)C2. The molecule has 0 unspecified atom stereocenters. The van der Waals surface area contributed by atoms with Crippen LogP contribution in [0, 0.1) is 0 Å². The molecule has 0 spiro atoms. The quantitative estimate of drug-likeness (QED) is 0.938. The van der Waals surface area contributed by atoms with Crippen molar-refractivity contribution < 1.29 is 9.90 Å². The van der Waals surface area contributed by atoms with Crippen molar-refractivity contribution in [1.82, 2.24) is 4.90 Å². The number of hydrogen-bond donors (Lipinski definition) is 1. The predicted molar refractivity (Wildman–Crippen MR) is 77.8 cm³/mol. The van der Waals surface area contributed by atoms with Crippen LogP contribution in [0.1, 0.15) is 27.0 Å². The van der Waals surface area contributed by atoms with Gasteiger partial charge in [-0.05, 0) is 41.0 Å². The van der Waals surface area contributed by atoms with E-state index >= 15 is 0 Å². The van der Waals surface area contributed by atoms with Crippen molar-refractivity contribution in [3.8, 4) is 0 Å². The number of carbonyl (C=O) groups is 1. The summed E-state index contributed by atoms with van der Waals surface area (Å²) < 4.78 is 0. The van der Waals surface area contributed by atoms with Crippen LogP contribution in [0.4, 0.5) is 0 Å². The molecule has 1 aliphatic rings. The molecule has 2 aromatic rings. The Labute approximate surface area is 122 Å². The van der Waals surface area contributed by atoms with Crippen LogP contribution < -0.4 is 0 Å². The molecule has 4 heteroatoms. The normalized spacial score (nSPS) is 14.2. The molecule has 102 valence electrons. The number of carboxylic acid groups (broad SMARTS) is 1. The van der Waals surface area contributed by atoms with Crippen LogP contribution >= 0.6 is 11.6 Å². The van der Waals surface area contributed by atoms with Crippen molar-refractivity contribution in [1.29, 1.82) is 0 Å². The summed E-state index contributed by atoms with van der Waals surface area (Å²) in [6.07, 6.45) is 0. The van der Waals surface area contributed by atoms with E-state index in [1.165, 1.54) is 11.1 Å². The fourth-order valence-electron chi connectivity index (χ4n) is 2.56. The Hall–Kier alpha value is -1.84. The predicted octanol–water partition coefficient (Wildman–Crippen LogP) is 3.55. The maximum atomic E-state index is 11.0. The molecule has 3 nitrogen and oxygen atoms in total. The summed E-state index contributed by atoms with van der Waals surface area (Å²) in [7, 11) is 0. The smallest absolute Gasteiger partial charge is 0.335 e. The van der Waals surface area contributed by atoms with Crippen molar-refractivity contribution in [2.75, 3.05) is 0 Å². The molecule has 1 aliphatic heterocycles. The Morgan fingerprint density at radius 1 is 1.10 bits per heavy atom. The molecule has 0 amide bonds. The molecule has 0 saturated heterocycles. The minimum Gasteiger partial charge on any atom is -0.478 e. The van der Waals surface area contributed by atoms with Crippen LogP contribution in [0.2, 0.25) is 5.02 Å². The van der Waals surface area contributed by atoms with Gasteiger partial charge in [0.25, 0.3) is 0 Å². The van der Waals surface area contributed by atoms with Gasteiger partial charge >= 0.3 is 5.97 Å². The molecule has 0 atom stereocenters. The highest BCUT2D eigenvalue weighted by Gasteiger charge is 2.20. The van der Waals surface area contributed by atoms with Gasteiger partial charge in [0.05, 0.1) is 5.56 Å². The Bertz CT molecular complexity index is 652. The first kappa shape index (κ1) is 13.2. The van der Waals surface area contributed by atoms with Gasteiger partial charge in [-0.1, -0.05) is 29.8 Å². The summed E-state index contributed by atoms with van der Waals surface area (Å²) >= 11 is 5.88. The van der Waals surface area contributed by atoms with E-state index in [0.29, 0.717) is 5.56 Å². The lowest BCUT2D eigenvalue weighted by Crippen LogP contribution is -2.15. The third kappa shape index (κ3) is 2.69. The summed E-state index contributed by atoms with van der Waals surface area (Å²) in [6, 6.07) is 13.2. The Morgan fingerprint density at radius 3 is 2.50 bits per heavy atom. The standard InChI is InChI=1S/C16H14ClNO2/c17-15-5-1-11(2-6-15)8-18-9-13-4-3-12(16(19)20)7-14(13)10-18/h1-7H,8-10H2,(H,19,20). The zero-order chi connectivity index (χ0) is 14.1. The molecule has 0 saturated carbocycles. The van der Waals surface area contributed by atoms with Gasteiger partial charge in [-0.3, -0.25) is 4.90 Å². The van der Waals surface area contributed by atoms with Crippen molar-refractivity contribution in [3.63, 3.8) is 0 Å². The van der Waals surface area contributed by atoms with Gasteiger partial charge in [0.15, 0.2) is 0 Å². The van der Waals surface area contributed by atoms with E-state index in [4.69, 9.17) is 16.7 Å². The van der Waals surface area contributed by atoms with Gasteiger partial charge in [0.1, 0.15) is 0 Å². The second-order valence-electron chi connectivity index (χ2n) is 5.06. The maximum absolute atomic E-state index is 11.0. The van der Waals surface area contributed by atoms with Gasteiger partial charge in [-0.25, -0.2) is 4.79 Å². The molecule has 2 aromatic carbocycles. The van der Waals surface area contributed by atoms with Crippen molar-refractivity contribution in [3.05, 3.63) is 69.7 Å². The molecule has 3 rings (SSSR count). The molecular formula is C16H14ClNO2. The summed E-state index contributed by atoms with van der Waals surface area (Å²) in [5, 5.41) is 9.76. The number of benzene rings is 2. The van der Waals surface area contributed by atoms with Gasteiger partial charge in [-0.15, -0.1) is 0 Å². The van der Waals surface area contributed by atoms with E-state index < -0.39 is 5.97 Å². The van der Waals surface area contributed by atoms with Crippen LogP contribution in [0.5, 0.6) is 0 Å². The monoisotopic (exact) mass is 287 g/mol. The van der Waals surface area contributed by atoms with Crippen molar-refractivity contribution in [2.45, 2.75) is 19.6 Å². The molecule has 0 radical (unpaired) electrons. The first-order chi connectivity index (χ1) is 9.61. The van der Waals surface area contributed by atoms with Gasteiger partial charge in [0, 0.05) is 24.7 Å². The molecule has 0 aromatic heterocycles. The molecule has 0 bridgehead atoms. The van der Waals surface area contributed by atoms with E-state index in [9.17, 15) is 4.79 Å². The van der Waals surface area contributed by atoms with Crippen LogP contribution in [-0.4, -0.2) is 16.0 Å². The molecular weight excluding hydrogens is 274 g/mol. The van der Waals surface area contributed by atoms with E-state index in [2.05, 4.69) is 4.90 Å². The third-order valence-corrected chi connectivity index (χ3v) is 3.81. The Balaban J connectivity index is 1.73. The second kappa shape index (κ2) is 5.27. The topological polar surface area (TPSA) is 40.5 Å². The van der Waals surface area contributed by atoms with Gasteiger partial charge < -0.3 is 5.11 Å². The van der Waals surface area contributed by atoms with Gasteiger partial charge in [-0.2, -0.15) is 0 Å². The number of carboxylic acids is 1. The van der Waals surface area contributed by atoms with Crippen LogP contribution in [0.15, 0.2) is 42.5 Å². The van der Waals surface area contributed by atoms with E-state index in [1.807, 2.05) is 30.3 Å². The summed E-state index contributed by atoms with van der Waals surface area (Å²) in [5.41, 5.74) is 3.89. The molecule has 0 aliphatic carbocycles. The van der Waals surface area contributed by atoms with Crippen LogP contribution in [-0.2, 0) is 19.6 Å². The lowest BCUT2D eigenvalue weighted by molar-refractivity contribution is 0.0696. The maximum Gasteiger partial charge on any atom is 0.335 e. The largest absolute Gasteiger partial charge is 0.478 e. The average molecular weight is 288 g/mol. The summed E-state index contributed by atoms with van der Waals surface area (Å²) in [4.78, 5) is 13.3. The molecule has 0 fully saturated rings. The Kier molecular flexibility index (Phi) is 3.47.